The highest BCUT2D eigenvalue weighted by Crippen LogP contribution is 2.28. The Morgan fingerprint density at radius 1 is 1.67 bits per heavy atom. The SMILES string of the molecule is Cc1cc([N+](=O)[O-])cnc1N1CC(CBr)CC1=O. The maximum atomic E-state index is 11.8. The summed E-state index contributed by atoms with van der Waals surface area (Å²) in [7, 11) is 0. The van der Waals surface area contributed by atoms with E-state index in [4.69, 9.17) is 0 Å². The molecule has 0 radical (unpaired) electrons. The molecule has 6 nitrogen and oxygen atoms in total. The van der Waals surface area contributed by atoms with Gasteiger partial charge >= 0.3 is 0 Å². The van der Waals surface area contributed by atoms with Crippen molar-refractivity contribution >= 4 is 33.3 Å². The number of pyridine rings is 1. The maximum Gasteiger partial charge on any atom is 0.287 e. The molecule has 0 saturated carbocycles. The monoisotopic (exact) mass is 313 g/mol. The Hall–Kier alpha value is -1.50. The van der Waals surface area contributed by atoms with Crippen molar-refractivity contribution in [3.8, 4) is 0 Å². The van der Waals surface area contributed by atoms with Gasteiger partial charge in [-0.15, -0.1) is 0 Å². The first-order valence-electron chi connectivity index (χ1n) is 5.50. The fourth-order valence-corrected chi connectivity index (χ4v) is 2.46. The molecule has 1 unspecified atom stereocenters. The zero-order valence-corrected chi connectivity index (χ0v) is 11.4. The second-order valence-corrected chi connectivity index (χ2v) is 4.97. The number of halogens is 1. The van der Waals surface area contributed by atoms with Crippen molar-refractivity contribution in [2.45, 2.75) is 13.3 Å². The van der Waals surface area contributed by atoms with Crippen molar-refractivity contribution in [3.63, 3.8) is 0 Å². The molecule has 1 aliphatic rings. The zero-order chi connectivity index (χ0) is 13.3. The summed E-state index contributed by atoms with van der Waals surface area (Å²) in [4.78, 5) is 27.6. The lowest BCUT2D eigenvalue weighted by Crippen LogP contribution is -2.26. The first-order valence-corrected chi connectivity index (χ1v) is 6.62. The number of rotatable bonds is 3. The second kappa shape index (κ2) is 5.01. The predicted octanol–water partition coefficient (Wildman–Crippen LogP) is 2.05. The van der Waals surface area contributed by atoms with Crippen molar-refractivity contribution in [2.75, 3.05) is 16.8 Å². The average Bonchev–Trinajstić information content (AvgIpc) is 2.70. The minimum atomic E-state index is -0.489. The molecule has 7 heteroatoms. The van der Waals surface area contributed by atoms with Crippen LogP contribution in [0.25, 0.3) is 0 Å². The van der Waals surface area contributed by atoms with E-state index in [1.54, 1.807) is 11.8 Å². The molecule has 0 bridgehead atoms. The molecule has 1 aromatic rings. The molecule has 0 aliphatic carbocycles. The number of nitro groups is 1. The Bertz CT molecular complexity index is 506. The van der Waals surface area contributed by atoms with Gasteiger partial charge in [-0.25, -0.2) is 4.98 Å². The largest absolute Gasteiger partial charge is 0.296 e. The summed E-state index contributed by atoms with van der Waals surface area (Å²) in [6, 6.07) is 1.44. The number of carbonyl (C=O) groups excluding carboxylic acids is 1. The van der Waals surface area contributed by atoms with Gasteiger partial charge in [0.2, 0.25) is 5.91 Å². The Labute approximate surface area is 112 Å². The van der Waals surface area contributed by atoms with Crippen molar-refractivity contribution < 1.29 is 9.72 Å². The highest BCUT2D eigenvalue weighted by molar-refractivity contribution is 9.09. The molecule has 18 heavy (non-hydrogen) atoms. The molecular weight excluding hydrogens is 302 g/mol. The van der Waals surface area contributed by atoms with E-state index in [0.717, 1.165) is 5.33 Å². The van der Waals surface area contributed by atoms with Gasteiger partial charge in [0, 0.05) is 24.4 Å². The topological polar surface area (TPSA) is 76.3 Å². The fraction of sp³-hybridized carbons (Fsp3) is 0.455. The van der Waals surface area contributed by atoms with Crippen LogP contribution < -0.4 is 4.90 Å². The predicted molar refractivity (Wildman–Crippen MR) is 69.9 cm³/mol. The van der Waals surface area contributed by atoms with E-state index in [1.165, 1.54) is 12.3 Å². The standard InChI is InChI=1S/C11H12BrN3O3/c1-7-2-9(15(17)18)5-13-11(7)14-6-8(4-12)3-10(14)16/h2,5,8H,3-4,6H2,1H3. The summed E-state index contributed by atoms with van der Waals surface area (Å²) in [6.07, 6.45) is 1.68. The molecule has 0 aromatic carbocycles. The number of carbonyl (C=O) groups is 1. The normalized spacial score (nSPS) is 19.3. The summed E-state index contributed by atoms with van der Waals surface area (Å²) in [5.74, 6) is 0.812. The van der Waals surface area contributed by atoms with E-state index >= 15 is 0 Å². The van der Waals surface area contributed by atoms with Crippen molar-refractivity contribution in [2.24, 2.45) is 5.92 Å². The summed E-state index contributed by atoms with van der Waals surface area (Å²) in [6.45, 7) is 2.33. The van der Waals surface area contributed by atoms with Crippen LogP contribution in [-0.2, 0) is 4.79 Å². The second-order valence-electron chi connectivity index (χ2n) is 4.32. The van der Waals surface area contributed by atoms with Crippen LogP contribution in [0.15, 0.2) is 12.3 Å². The van der Waals surface area contributed by atoms with E-state index in [1.807, 2.05) is 0 Å². The highest BCUT2D eigenvalue weighted by Gasteiger charge is 2.31. The third-order valence-electron chi connectivity index (χ3n) is 2.93. The quantitative estimate of drug-likeness (QED) is 0.486. The molecule has 1 atom stereocenters. The van der Waals surface area contributed by atoms with Crippen LogP contribution in [0.4, 0.5) is 11.5 Å². The minimum absolute atomic E-state index is 0.0175. The first kappa shape index (κ1) is 12.9. The van der Waals surface area contributed by atoms with Crippen LogP contribution in [0.1, 0.15) is 12.0 Å². The molecule has 1 amide bonds. The van der Waals surface area contributed by atoms with Crippen LogP contribution in [0, 0.1) is 23.0 Å². The van der Waals surface area contributed by atoms with Gasteiger partial charge in [-0.05, 0) is 18.4 Å². The Kier molecular flexibility index (Phi) is 3.60. The lowest BCUT2D eigenvalue weighted by molar-refractivity contribution is -0.385. The lowest BCUT2D eigenvalue weighted by Gasteiger charge is -2.17. The van der Waals surface area contributed by atoms with E-state index in [0.29, 0.717) is 24.3 Å². The third-order valence-corrected chi connectivity index (χ3v) is 3.84. The maximum absolute atomic E-state index is 11.8. The molecule has 2 rings (SSSR count). The van der Waals surface area contributed by atoms with Crippen molar-refractivity contribution in [1.29, 1.82) is 0 Å². The van der Waals surface area contributed by atoms with Gasteiger partial charge in [-0.2, -0.15) is 0 Å². The first-order chi connectivity index (χ1) is 8.52. The average molecular weight is 314 g/mol. The number of anilines is 1. The number of nitrogens with zero attached hydrogens (tertiary/aromatic N) is 3. The number of amides is 1. The summed E-state index contributed by atoms with van der Waals surface area (Å²) < 4.78 is 0. The van der Waals surface area contributed by atoms with Crippen LogP contribution >= 0.6 is 15.9 Å². The molecule has 0 spiro atoms. The van der Waals surface area contributed by atoms with Crippen LogP contribution in [-0.4, -0.2) is 27.7 Å². The van der Waals surface area contributed by atoms with E-state index in [2.05, 4.69) is 20.9 Å². The number of hydrogen-bond donors (Lipinski definition) is 0. The van der Waals surface area contributed by atoms with Crippen LogP contribution in [0.2, 0.25) is 0 Å². The zero-order valence-electron chi connectivity index (χ0n) is 9.80. The van der Waals surface area contributed by atoms with Gasteiger partial charge in [0.05, 0.1) is 4.92 Å². The molecule has 1 aliphatic heterocycles. The molecule has 2 heterocycles. The molecule has 96 valence electrons. The van der Waals surface area contributed by atoms with Crippen LogP contribution in [0.3, 0.4) is 0 Å². The Morgan fingerprint density at radius 3 is 2.89 bits per heavy atom. The Morgan fingerprint density at radius 2 is 2.39 bits per heavy atom. The van der Waals surface area contributed by atoms with Crippen molar-refractivity contribution in [1.82, 2.24) is 4.98 Å². The molecule has 1 aromatic heterocycles. The number of hydrogen-bond acceptors (Lipinski definition) is 4. The lowest BCUT2D eigenvalue weighted by atomic mass is 10.2. The number of aryl methyl sites for hydroxylation is 1. The van der Waals surface area contributed by atoms with Gasteiger partial charge in [-0.1, -0.05) is 15.9 Å². The van der Waals surface area contributed by atoms with E-state index in [-0.39, 0.29) is 17.5 Å². The van der Waals surface area contributed by atoms with Gasteiger partial charge < -0.3 is 0 Å². The molecule has 1 fully saturated rings. The van der Waals surface area contributed by atoms with Gasteiger partial charge in [-0.3, -0.25) is 19.8 Å². The van der Waals surface area contributed by atoms with Crippen LogP contribution in [0.5, 0.6) is 0 Å². The van der Waals surface area contributed by atoms with Gasteiger partial charge in [0.15, 0.2) is 0 Å². The Balaban J connectivity index is 2.29. The van der Waals surface area contributed by atoms with Crippen molar-refractivity contribution in [3.05, 3.63) is 27.9 Å². The third kappa shape index (κ3) is 2.35. The summed E-state index contributed by atoms with van der Waals surface area (Å²) >= 11 is 3.36. The molecule has 0 N–H and O–H groups in total. The van der Waals surface area contributed by atoms with E-state index < -0.39 is 4.92 Å². The number of alkyl halides is 1. The number of aromatic nitrogens is 1. The highest BCUT2D eigenvalue weighted by atomic mass is 79.9. The smallest absolute Gasteiger partial charge is 0.287 e. The van der Waals surface area contributed by atoms with Gasteiger partial charge in [0.1, 0.15) is 12.0 Å². The summed E-state index contributed by atoms with van der Waals surface area (Å²) in [5.41, 5.74) is 0.590. The molecular formula is C11H12BrN3O3. The van der Waals surface area contributed by atoms with Gasteiger partial charge in [0.25, 0.3) is 5.69 Å². The summed E-state index contributed by atoms with van der Waals surface area (Å²) in [5, 5.41) is 11.4. The minimum Gasteiger partial charge on any atom is -0.296 e. The molecule has 1 saturated heterocycles. The fourth-order valence-electron chi connectivity index (χ4n) is 2.02. The van der Waals surface area contributed by atoms with E-state index in [9.17, 15) is 14.9 Å².